The van der Waals surface area contributed by atoms with Crippen LogP contribution in [0.25, 0.3) is 0 Å². The van der Waals surface area contributed by atoms with Gasteiger partial charge in [-0.1, -0.05) is 6.07 Å². The molecular weight excluding hydrogens is 276 g/mol. The molecule has 7 nitrogen and oxygen atoms in total. The zero-order valence-corrected chi connectivity index (χ0v) is 11.4. The van der Waals surface area contributed by atoms with E-state index in [1.807, 2.05) is 6.07 Å². The quantitative estimate of drug-likeness (QED) is 0.850. The topological polar surface area (TPSA) is 88.1 Å². The maximum absolute atomic E-state index is 12.1. The Labute approximate surface area is 121 Å². The van der Waals surface area contributed by atoms with Crippen LogP contribution in [-0.2, 0) is 11.3 Å². The van der Waals surface area contributed by atoms with E-state index in [4.69, 9.17) is 14.6 Å². The molecule has 0 spiro atoms. The van der Waals surface area contributed by atoms with Gasteiger partial charge in [-0.05, 0) is 30.5 Å². The Morgan fingerprint density at radius 3 is 2.76 bits per heavy atom. The van der Waals surface area contributed by atoms with Crippen LogP contribution in [0.5, 0.6) is 11.5 Å². The minimum absolute atomic E-state index is 0.0536. The molecule has 7 heteroatoms. The fourth-order valence-corrected chi connectivity index (χ4v) is 2.23. The van der Waals surface area contributed by atoms with Gasteiger partial charge in [0.2, 0.25) is 6.79 Å². The molecule has 3 rings (SSSR count). The molecule has 1 aliphatic carbocycles. The molecule has 0 saturated heterocycles. The van der Waals surface area contributed by atoms with Gasteiger partial charge in [0.25, 0.3) is 0 Å². The summed E-state index contributed by atoms with van der Waals surface area (Å²) in [6, 6.07) is 5.14. The van der Waals surface area contributed by atoms with Crippen molar-refractivity contribution in [1.29, 1.82) is 0 Å². The number of hydrogen-bond donors (Lipinski definition) is 2. The van der Waals surface area contributed by atoms with Crippen LogP contribution in [0.4, 0.5) is 4.79 Å². The highest BCUT2D eigenvalue weighted by atomic mass is 16.7. The molecule has 1 aliphatic heterocycles. The summed E-state index contributed by atoms with van der Waals surface area (Å²) in [7, 11) is 0. The standard InChI is InChI=1S/C14H16N2O5/c17-13(18)7-16(10-2-3-10)14(19)15-6-9-1-4-11-12(5-9)21-8-20-11/h1,4-5,10H,2-3,6-8H2,(H,15,19)(H,17,18). The van der Waals surface area contributed by atoms with Crippen molar-refractivity contribution < 1.29 is 24.2 Å². The van der Waals surface area contributed by atoms with Crippen LogP contribution in [0.2, 0.25) is 0 Å². The minimum Gasteiger partial charge on any atom is -0.480 e. The van der Waals surface area contributed by atoms with Crippen LogP contribution >= 0.6 is 0 Å². The second-order valence-corrected chi connectivity index (χ2v) is 5.10. The van der Waals surface area contributed by atoms with E-state index in [1.54, 1.807) is 12.1 Å². The first-order valence-electron chi connectivity index (χ1n) is 6.78. The summed E-state index contributed by atoms with van der Waals surface area (Å²) in [5.74, 6) is 0.349. The van der Waals surface area contributed by atoms with Crippen molar-refractivity contribution in [1.82, 2.24) is 10.2 Å². The van der Waals surface area contributed by atoms with Crippen LogP contribution in [-0.4, -0.2) is 41.4 Å². The molecule has 0 atom stereocenters. The first kappa shape index (κ1) is 13.5. The lowest BCUT2D eigenvalue weighted by atomic mass is 10.2. The summed E-state index contributed by atoms with van der Waals surface area (Å²) in [6.45, 7) is 0.259. The number of urea groups is 1. The highest BCUT2D eigenvalue weighted by molar-refractivity contribution is 5.80. The molecule has 2 amide bonds. The lowest BCUT2D eigenvalue weighted by Crippen LogP contribution is -2.43. The zero-order valence-electron chi connectivity index (χ0n) is 11.4. The van der Waals surface area contributed by atoms with Gasteiger partial charge in [-0.2, -0.15) is 0 Å². The van der Waals surface area contributed by atoms with Gasteiger partial charge in [-0.25, -0.2) is 4.79 Å². The number of nitrogens with one attached hydrogen (secondary N) is 1. The van der Waals surface area contributed by atoms with Gasteiger partial charge >= 0.3 is 12.0 Å². The highest BCUT2D eigenvalue weighted by Crippen LogP contribution is 2.32. The number of carbonyl (C=O) groups is 2. The van der Waals surface area contributed by atoms with E-state index < -0.39 is 5.97 Å². The second kappa shape index (κ2) is 5.51. The molecule has 21 heavy (non-hydrogen) atoms. The highest BCUT2D eigenvalue weighted by Gasteiger charge is 2.33. The largest absolute Gasteiger partial charge is 0.480 e. The van der Waals surface area contributed by atoms with Gasteiger partial charge in [-0.15, -0.1) is 0 Å². The third-order valence-corrected chi connectivity index (χ3v) is 3.43. The van der Waals surface area contributed by atoms with Crippen molar-refractivity contribution in [2.24, 2.45) is 0 Å². The molecular formula is C14H16N2O5. The molecule has 1 aromatic rings. The number of carboxylic acid groups (broad SMARTS) is 1. The van der Waals surface area contributed by atoms with E-state index in [0.717, 1.165) is 18.4 Å². The SMILES string of the molecule is O=C(O)CN(C(=O)NCc1ccc2c(c1)OCO2)C1CC1. The smallest absolute Gasteiger partial charge is 0.323 e. The third-order valence-electron chi connectivity index (χ3n) is 3.43. The van der Waals surface area contributed by atoms with Gasteiger partial charge in [0.05, 0.1) is 0 Å². The van der Waals surface area contributed by atoms with Crippen molar-refractivity contribution in [3.63, 3.8) is 0 Å². The van der Waals surface area contributed by atoms with Crippen LogP contribution < -0.4 is 14.8 Å². The summed E-state index contributed by atoms with van der Waals surface area (Å²) in [5, 5.41) is 11.6. The van der Waals surface area contributed by atoms with E-state index in [1.165, 1.54) is 4.90 Å². The molecule has 0 bridgehead atoms. The van der Waals surface area contributed by atoms with Crippen LogP contribution in [0.1, 0.15) is 18.4 Å². The lowest BCUT2D eigenvalue weighted by molar-refractivity contribution is -0.137. The molecule has 2 aliphatic rings. The molecule has 1 saturated carbocycles. The molecule has 0 radical (unpaired) electrons. The van der Waals surface area contributed by atoms with Gasteiger partial charge in [0.1, 0.15) is 6.54 Å². The molecule has 0 aromatic heterocycles. The average molecular weight is 292 g/mol. The van der Waals surface area contributed by atoms with Gasteiger partial charge in [-0.3, -0.25) is 4.79 Å². The molecule has 112 valence electrons. The zero-order chi connectivity index (χ0) is 14.8. The van der Waals surface area contributed by atoms with E-state index in [9.17, 15) is 9.59 Å². The summed E-state index contributed by atoms with van der Waals surface area (Å²) in [4.78, 5) is 24.2. The van der Waals surface area contributed by atoms with Crippen LogP contribution in [0.15, 0.2) is 18.2 Å². The predicted molar refractivity (Wildman–Crippen MR) is 72.2 cm³/mol. The van der Waals surface area contributed by atoms with Crippen molar-refractivity contribution in [3.8, 4) is 11.5 Å². The first-order valence-corrected chi connectivity index (χ1v) is 6.78. The van der Waals surface area contributed by atoms with Gasteiger partial charge in [0.15, 0.2) is 11.5 Å². The van der Waals surface area contributed by atoms with Crippen LogP contribution in [0.3, 0.4) is 0 Å². The number of carboxylic acids is 1. The number of amides is 2. The Hall–Kier alpha value is -2.44. The fourth-order valence-electron chi connectivity index (χ4n) is 2.23. The number of nitrogens with zero attached hydrogens (tertiary/aromatic N) is 1. The van der Waals surface area contributed by atoms with Crippen molar-refractivity contribution in [2.75, 3.05) is 13.3 Å². The number of aliphatic carboxylic acids is 1. The summed E-state index contributed by atoms with van der Waals surface area (Å²) >= 11 is 0. The van der Waals surface area contributed by atoms with E-state index in [0.29, 0.717) is 18.0 Å². The van der Waals surface area contributed by atoms with Gasteiger partial charge in [0, 0.05) is 12.6 Å². The maximum Gasteiger partial charge on any atom is 0.323 e. The number of ether oxygens (including phenoxy) is 2. The summed E-state index contributed by atoms with van der Waals surface area (Å²) < 4.78 is 10.5. The number of carbonyl (C=O) groups excluding carboxylic acids is 1. The molecule has 1 heterocycles. The second-order valence-electron chi connectivity index (χ2n) is 5.10. The lowest BCUT2D eigenvalue weighted by Gasteiger charge is -2.20. The molecule has 2 N–H and O–H groups in total. The summed E-state index contributed by atoms with van der Waals surface area (Å²) in [5.41, 5.74) is 0.874. The van der Waals surface area contributed by atoms with Gasteiger partial charge < -0.3 is 24.8 Å². The molecule has 1 fully saturated rings. The third kappa shape index (κ3) is 3.18. The monoisotopic (exact) mass is 292 g/mol. The molecule has 0 unspecified atom stereocenters. The Morgan fingerprint density at radius 2 is 2.05 bits per heavy atom. The van der Waals surface area contributed by atoms with Crippen molar-refractivity contribution >= 4 is 12.0 Å². The van der Waals surface area contributed by atoms with E-state index >= 15 is 0 Å². The Morgan fingerprint density at radius 1 is 1.29 bits per heavy atom. The number of hydrogen-bond acceptors (Lipinski definition) is 4. The number of rotatable bonds is 5. The van der Waals surface area contributed by atoms with Crippen molar-refractivity contribution in [2.45, 2.75) is 25.4 Å². The number of fused-ring (bicyclic) bond motifs is 1. The number of benzene rings is 1. The summed E-state index contributed by atoms with van der Waals surface area (Å²) in [6.07, 6.45) is 1.73. The maximum atomic E-state index is 12.1. The van der Waals surface area contributed by atoms with E-state index in [2.05, 4.69) is 5.32 Å². The Bertz CT molecular complexity index is 570. The van der Waals surface area contributed by atoms with E-state index in [-0.39, 0.29) is 25.4 Å². The normalized spacial score (nSPS) is 15.6. The van der Waals surface area contributed by atoms with Crippen molar-refractivity contribution in [3.05, 3.63) is 23.8 Å². The van der Waals surface area contributed by atoms with Crippen LogP contribution in [0, 0.1) is 0 Å². The Balaban J connectivity index is 1.58. The first-order chi connectivity index (χ1) is 10.1. The average Bonchev–Trinajstić information content (AvgIpc) is 3.19. The minimum atomic E-state index is -1.000. The fraction of sp³-hybridized carbons (Fsp3) is 0.429. The predicted octanol–water partition coefficient (Wildman–Crippen LogP) is 1.17. The molecule has 1 aromatic carbocycles. The Kier molecular flexibility index (Phi) is 3.55.